The second-order valence-corrected chi connectivity index (χ2v) is 7.38. The normalized spacial score (nSPS) is 23.0. The van der Waals surface area contributed by atoms with Crippen molar-refractivity contribution in [1.29, 1.82) is 0 Å². The lowest BCUT2D eigenvalue weighted by Gasteiger charge is -2.30. The van der Waals surface area contributed by atoms with Gasteiger partial charge in [-0.05, 0) is 60.5 Å². The number of nitrogens with one attached hydrogen (secondary N) is 2. The largest absolute Gasteiger partial charge is 0.355 e. The Bertz CT molecular complexity index is 353. The molecule has 0 unspecified atom stereocenters. The maximum absolute atomic E-state index is 12.1. The summed E-state index contributed by atoms with van der Waals surface area (Å²) in [5, 5.41) is 6.02. The first kappa shape index (κ1) is 18.0. The highest BCUT2D eigenvalue weighted by atomic mass is 16.2. The molecule has 1 saturated carbocycles. The molecule has 0 aromatic carbocycles. The van der Waals surface area contributed by atoms with Crippen LogP contribution in [0.1, 0.15) is 46.5 Å². The van der Waals surface area contributed by atoms with E-state index in [-0.39, 0.29) is 29.2 Å². The molecule has 21 heavy (non-hydrogen) atoms. The molecule has 0 heterocycles. The Morgan fingerprint density at radius 3 is 1.90 bits per heavy atom. The van der Waals surface area contributed by atoms with Crippen LogP contribution in [-0.4, -0.2) is 49.4 Å². The van der Waals surface area contributed by atoms with Crippen LogP contribution in [0, 0.1) is 11.8 Å². The van der Waals surface area contributed by atoms with Gasteiger partial charge in [0.2, 0.25) is 11.8 Å². The number of hydrogen-bond acceptors (Lipinski definition) is 3. The van der Waals surface area contributed by atoms with Gasteiger partial charge < -0.3 is 15.5 Å². The summed E-state index contributed by atoms with van der Waals surface area (Å²) < 4.78 is 0. The molecular formula is C16H31N3O2. The smallest absolute Gasteiger partial charge is 0.223 e. The van der Waals surface area contributed by atoms with Crippen molar-refractivity contribution in [2.45, 2.75) is 52.0 Å². The molecule has 122 valence electrons. The van der Waals surface area contributed by atoms with Crippen LogP contribution >= 0.6 is 0 Å². The number of hydrogen-bond donors (Lipinski definition) is 2. The van der Waals surface area contributed by atoms with E-state index in [9.17, 15) is 9.59 Å². The fraction of sp³-hybridized carbons (Fsp3) is 0.875. The van der Waals surface area contributed by atoms with Gasteiger partial charge in [0.15, 0.2) is 0 Å². The summed E-state index contributed by atoms with van der Waals surface area (Å²) in [7, 11) is 3.98. The molecule has 5 heteroatoms. The summed E-state index contributed by atoms with van der Waals surface area (Å²) in [6.07, 6.45) is 3.26. The van der Waals surface area contributed by atoms with E-state index in [0.29, 0.717) is 6.54 Å². The van der Waals surface area contributed by atoms with Gasteiger partial charge in [0.1, 0.15) is 0 Å². The fourth-order valence-corrected chi connectivity index (χ4v) is 2.64. The molecule has 0 aromatic heterocycles. The number of rotatable bonds is 5. The van der Waals surface area contributed by atoms with E-state index in [1.165, 1.54) is 0 Å². The van der Waals surface area contributed by atoms with Crippen LogP contribution in [0.2, 0.25) is 0 Å². The third kappa shape index (κ3) is 6.93. The van der Waals surface area contributed by atoms with Crippen molar-refractivity contribution in [2.75, 3.05) is 27.2 Å². The number of nitrogens with zero attached hydrogens (tertiary/aromatic N) is 1. The number of carbonyl (C=O) groups is 2. The van der Waals surface area contributed by atoms with Gasteiger partial charge >= 0.3 is 0 Å². The van der Waals surface area contributed by atoms with Crippen molar-refractivity contribution in [3.05, 3.63) is 0 Å². The van der Waals surface area contributed by atoms with E-state index in [1.54, 1.807) is 0 Å². The molecule has 0 radical (unpaired) electrons. The zero-order chi connectivity index (χ0) is 16.0. The SMILES string of the molecule is CN(C)CCNC(=O)C1CCC(C(=O)NC(C)(C)C)CC1. The van der Waals surface area contributed by atoms with Gasteiger partial charge in [-0.1, -0.05) is 0 Å². The third-order valence-corrected chi connectivity index (χ3v) is 3.83. The monoisotopic (exact) mass is 297 g/mol. The molecule has 0 saturated heterocycles. The quantitative estimate of drug-likeness (QED) is 0.806. The molecule has 0 atom stereocenters. The van der Waals surface area contributed by atoms with Crippen molar-refractivity contribution in [2.24, 2.45) is 11.8 Å². The molecule has 0 spiro atoms. The number of amides is 2. The van der Waals surface area contributed by atoms with E-state index in [1.807, 2.05) is 39.8 Å². The Morgan fingerprint density at radius 1 is 1.00 bits per heavy atom. The molecule has 2 N–H and O–H groups in total. The summed E-state index contributed by atoms with van der Waals surface area (Å²) in [6.45, 7) is 7.53. The van der Waals surface area contributed by atoms with Crippen molar-refractivity contribution in [3.63, 3.8) is 0 Å². The van der Waals surface area contributed by atoms with E-state index < -0.39 is 0 Å². The van der Waals surface area contributed by atoms with Crippen LogP contribution in [0.3, 0.4) is 0 Å². The summed E-state index contributed by atoms with van der Waals surface area (Å²) >= 11 is 0. The second-order valence-electron chi connectivity index (χ2n) is 7.38. The third-order valence-electron chi connectivity index (χ3n) is 3.83. The van der Waals surface area contributed by atoms with Crippen molar-refractivity contribution >= 4 is 11.8 Å². The van der Waals surface area contributed by atoms with Crippen LogP contribution in [0.25, 0.3) is 0 Å². The van der Waals surface area contributed by atoms with Crippen LogP contribution < -0.4 is 10.6 Å². The zero-order valence-electron chi connectivity index (χ0n) is 14.2. The summed E-state index contributed by atoms with van der Waals surface area (Å²) in [6, 6.07) is 0. The van der Waals surface area contributed by atoms with Gasteiger partial charge in [-0.25, -0.2) is 0 Å². The fourth-order valence-electron chi connectivity index (χ4n) is 2.64. The first-order chi connectivity index (χ1) is 9.69. The van der Waals surface area contributed by atoms with E-state index >= 15 is 0 Å². The minimum absolute atomic E-state index is 0.0649. The van der Waals surface area contributed by atoms with E-state index in [0.717, 1.165) is 32.2 Å². The van der Waals surface area contributed by atoms with Gasteiger partial charge in [-0.15, -0.1) is 0 Å². The maximum atomic E-state index is 12.1. The predicted molar refractivity (Wildman–Crippen MR) is 84.9 cm³/mol. The highest BCUT2D eigenvalue weighted by Gasteiger charge is 2.30. The van der Waals surface area contributed by atoms with Gasteiger partial charge in [-0.3, -0.25) is 9.59 Å². The molecule has 1 rings (SSSR count). The lowest BCUT2D eigenvalue weighted by Crippen LogP contribution is -2.45. The van der Waals surface area contributed by atoms with Gasteiger partial charge in [0, 0.05) is 30.5 Å². The lowest BCUT2D eigenvalue weighted by molar-refractivity contribution is -0.131. The molecule has 1 aliphatic carbocycles. The second kappa shape index (κ2) is 7.78. The molecule has 0 aliphatic heterocycles. The molecule has 1 fully saturated rings. The van der Waals surface area contributed by atoms with Crippen LogP contribution in [-0.2, 0) is 9.59 Å². The van der Waals surface area contributed by atoms with Crippen LogP contribution in [0.4, 0.5) is 0 Å². The highest BCUT2D eigenvalue weighted by Crippen LogP contribution is 2.29. The Kier molecular flexibility index (Phi) is 6.65. The molecule has 0 bridgehead atoms. The van der Waals surface area contributed by atoms with Gasteiger partial charge in [0.25, 0.3) is 0 Å². The average molecular weight is 297 g/mol. The lowest BCUT2D eigenvalue weighted by atomic mass is 9.81. The molecule has 0 aromatic rings. The maximum Gasteiger partial charge on any atom is 0.223 e. The van der Waals surface area contributed by atoms with E-state index in [2.05, 4.69) is 10.6 Å². The Morgan fingerprint density at radius 2 is 1.48 bits per heavy atom. The zero-order valence-corrected chi connectivity index (χ0v) is 14.2. The standard InChI is InChI=1S/C16H31N3O2/c1-16(2,3)18-15(21)13-8-6-12(7-9-13)14(20)17-10-11-19(4)5/h12-13H,6-11H2,1-5H3,(H,17,20)(H,18,21). The summed E-state index contributed by atoms with van der Waals surface area (Å²) in [5.41, 5.74) is -0.183. The van der Waals surface area contributed by atoms with Crippen LogP contribution in [0.15, 0.2) is 0 Å². The van der Waals surface area contributed by atoms with Crippen molar-refractivity contribution < 1.29 is 9.59 Å². The topological polar surface area (TPSA) is 61.4 Å². The Hall–Kier alpha value is -1.10. The number of carbonyl (C=O) groups excluding carboxylic acids is 2. The predicted octanol–water partition coefficient (Wildman–Crippen LogP) is 1.39. The van der Waals surface area contributed by atoms with Crippen molar-refractivity contribution in [3.8, 4) is 0 Å². The molecule has 5 nitrogen and oxygen atoms in total. The molecule has 2 amide bonds. The first-order valence-electron chi connectivity index (χ1n) is 7.93. The van der Waals surface area contributed by atoms with Gasteiger partial charge in [0.05, 0.1) is 0 Å². The first-order valence-corrected chi connectivity index (χ1v) is 7.93. The summed E-state index contributed by atoms with van der Waals surface area (Å²) in [5.74, 6) is 0.418. The average Bonchev–Trinajstić information content (AvgIpc) is 2.36. The highest BCUT2D eigenvalue weighted by molar-refractivity contribution is 5.81. The Balaban J connectivity index is 2.31. The summed E-state index contributed by atoms with van der Waals surface area (Å²) in [4.78, 5) is 26.2. The molecular weight excluding hydrogens is 266 g/mol. The Labute approximate surface area is 128 Å². The minimum atomic E-state index is -0.183. The van der Waals surface area contributed by atoms with Crippen molar-refractivity contribution in [1.82, 2.24) is 15.5 Å². The van der Waals surface area contributed by atoms with Crippen LogP contribution in [0.5, 0.6) is 0 Å². The van der Waals surface area contributed by atoms with Gasteiger partial charge in [-0.2, -0.15) is 0 Å². The van der Waals surface area contributed by atoms with E-state index in [4.69, 9.17) is 0 Å². The minimum Gasteiger partial charge on any atom is -0.355 e. The molecule has 1 aliphatic rings. The number of likely N-dealkylation sites (N-methyl/N-ethyl adjacent to an activating group) is 1.